The quantitative estimate of drug-likeness (QED) is 0.799. The molecule has 0 aromatic heterocycles. The molecule has 2 atom stereocenters. The lowest BCUT2D eigenvalue weighted by atomic mass is 9.87. The Kier molecular flexibility index (Phi) is 5.84. The van der Waals surface area contributed by atoms with E-state index in [1.807, 2.05) is 46.2 Å². The van der Waals surface area contributed by atoms with E-state index >= 15 is 0 Å². The Balaban J connectivity index is 1.59. The van der Waals surface area contributed by atoms with E-state index in [2.05, 4.69) is 12.1 Å². The molecule has 0 unspecified atom stereocenters. The van der Waals surface area contributed by atoms with E-state index in [0.717, 1.165) is 31.5 Å². The van der Waals surface area contributed by atoms with Crippen molar-refractivity contribution in [1.29, 1.82) is 0 Å². The van der Waals surface area contributed by atoms with Crippen molar-refractivity contribution in [3.05, 3.63) is 65.7 Å². The van der Waals surface area contributed by atoms with E-state index in [-0.39, 0.29) is 23.7 Å². The van der Waals surface area contributed by atoms with Crippen molar-refractivity contribution in [1.82, 2.24) is 9.80 Å². The highest BCUT2D eigenvalue weighted by Crippen LogP contribution is 2.35. The van der Waals surface area contributed by atoms with Gasteiger partial charge in [-0.3, -0.25) is 9.59 Å². The number of ether oxygens (including phenoxy) is 1. The maximum absolute atomic E-state index is 13.4. The standard InChI is InChI=1S/C24H28N2O3/c1-29-20-12-8-11-19(15-20)23(27)26-16-21(18-9-4-2-5-10-18)22(17-26)24(28)25-13-6-3-7-14-25/h2,4-5,8-12,15,21-22H,3,6-7,13-14,16-17H2,1H3/t21-,22+/m0/s1. The lowest BCUT2D eigenvalue weighted by Crippen LogP contribution is -2.42. The number of nitrogens with zero attached hydrogens (tertiary/aromatic N) is 2. The first kappa shape index (κ1) is 19.5. The molecule has 5 nitrogen and oxygen atoms in total. The van der Waals surface area contributed by atoms with Gasteiger partial charge in [-0.05, 0) is 43.0 Å². The highest BCUT2D eigenvalue weighted by Gasteiger charge is 2.42. The van der Waals surface area contributed by atoms with Crippen LogP contribution < -0.4 is 4.74 Å². The summed E-state index contributed by atoms with van der Waals surface area (Å²) < 4.78 is 5.27. The first-order valence-corrected chi connectivity index (χ1v) is 10.4. The molecular weight excluding hydrogens is 364 g/mol. The highest BCUT2D eigenvalue weighted by atomic mass is 16.5. The predicted molar refractivity (Wildman–Crippen MR) is 112 cm³/mol. The van der Waals surface area contributed by atoms with Crippen molar-refractivity contribution in [2.75, 3.05) is 33.3 Å². The van der Waals surface area contributed by atoms with E-state index in [1.165, 1.54) is 6.42 Å². The topological polar surface area (TPSA) is 49.9 Å². The lowest BCUT2D eigenvalue weighted by molar-refractivity contribution is -0.136. The van der Waals surface area contributed by atoms with E-state index in [4.69, 9.17) is 4.74 Å². The number of carbonyl (C=O) groups is 2. The first-order valence-electron chi connectivity index (χ1n) is 10.4. The van der Waals surface area contributed by atoms with Gasteiger partial charge in [0.05, 0.1) is 13.0 Å². The monoisotopic (exact) mass is 392 g/mol. The first-order chi connectivity index (χ1) is 14.2. The minimum absolute atomic E-state index is 0.0279. The van der Waals surface area contributed by atoms with Gasteiger partial charge < -0.3 is 14.5 Å². The highest BCUT2D eigenvalue weighted by molar-refractivity contribution is 5.95. The zero-order chi connectivity index (χ0) is 20.2. The van der Waals surface area contributed by atoms with Crippen LogP contribution in [0, 0.1) is 5.92 Å². The number of amides is 2. The SMILES string of the molecule is COc1cccc(C(=O)N2C[C@@H](C(=O)N3CCCCC3)[C@H](c3ccccc3)C2)c1. The summed E-state index contributed by atoms with van der Waals surface area (Å²) in [6, 6.07) is 17.4. The molecule has 2 aliphatic rings. The predicted octanol–water partition coefficient (Wildman–Crippen LogP) is 3.56. The second kappa shape index (κ2) is 8.68. The number of methoxy groups -OCH3 is 1. The molecule has 2 amide bonds. The minimum atomic E-state index is -0.190. The summed E-state index contributed by atoms with van der Waals surface area (Å²) in [5.41, 5.74) is 1.73. The van der Waals surface area contributed by atoms with Crippen LogP contribution in [0.5, 0.6) is 5.75 Å². The number of carbonyl (C=O) groups excluding carboxylic acids is 2. The van der Waals surface area contributed by atoms with Gasteiger partial charge in [0.15, 0.2) is 0 Å². The maximum Gasteiger partial charge on any atom is 0.254 e. The summed E-state index contributed by atoms with van der Waals surface area (Å²) in [6.45, 7) is 2.69. The summed E-state index contributed by atoms with van der Waals surface area (Å²) in [6.07, 6.45) is 3.33. The van der Waals surface area contributed by atoms with Crippen LogP contribution in [0.25, 0.3) is 0 Å². The van der Waals surface area contributed by atoms with Gasteiger partial charge in [-0.15, -0.1) is 0 Å². The fourth-order valence-electron chi connectivity index (χ4n) is 4.55. The van der Waals surface area contributed by atoms with Crippen molar-refractivity contribution in [2.24, 2.45) is 5.92 Å². The fourth-order valence-corrected chi connectivity index (χ4v) is 4.55. The van der Waals surface area contributed by atoms with Gasteiger partial charge in [0.25, 0.3) is 5.91 Å². The van der Waals surface area contributed by atoms with E-state index in [0.29, 0.717) is 24.4 Å². The van der Waals surface area contributed by atoms with E-state index in [9.17, 15) is 9.59 Å². The molecule has 0 aliphatic carbocycles. The van der Waals surface area contributed by atoms with E-state index < -0.39 is 0 Å². The summed E-state index contributed by atoms with van der Waals surface area (Å²) >= 11 is 0. The van der Waals surface area contributed by atoms with E-state index in [1.54, 1.807) is 13.2 Å². The van der Waals surface area contributed by atoms with Crippen molar-refractivity contribution in [2.45, 2.75) is 25.2 Å². The van der Waals surface area contributed by atoms with Gasteiger partial charge in [0.1, 0.15) is 5.75 Å². The number of likely N-dealkylation sites (tertiary alicyclic amines) is 2. The number of rotatable bonds is 4. The third-order valence-corrected chi connectivity index (χ3v) is 6.14. The zero-order valence-corrected chi connectivity index (χ0v) is 16.9. The molecule has 0 radical (unpaired) electrons. The number of hydrogen-bond acceptors (Lipinski definition) is 3. The number of piperidine rings is 1. The van der Waals surface area contributed by atoms with Crippen LogP contribution in [-0.4, -0.2) is 54.9 Å². The van der Waals surface area contributed by atoms with Crippen LogP contribution in [0.15, 0.2) is 54.6 Å². The zero-order valence-electron chi connectivity index (χ0n) is 16.9. The second-order valence-electron chi connectivity index (χ2n) is 7.95. The molecule has 2 aliphatic heterocycles. The molecule has 5 heteroatoms. The third kappa shape index (κ3) is 4.14. The number of hydrogen-bond donors (Lipinski definition) is 0. The molecule has 2 fully saturated rings. The van der Waals surface area contributed by atoms with Gasteiger partial charge in [0, 0.05) is 37.7 Å². The summed E-state index contributed by atoms with van der Waals surface area (Å²) in [4.78, 5) is 30.4. The maximum atomic E-state index is 13.4. The van der Waals surface area contributed by atoms with Gasteiger partial charge in [-0.25, -0.2) is 0 Å². The van der Waals surface area contributed by atoms with Gasteiger partial charge >= 0.3 is 0 Å². The summed E-state index contributed by atoms with van der Waals surface area (Å²) in [7, 11) is 1.60. The Labute approximate surface area is 172 Å². The van der Waals surface area contributed by atoms with Crippen molar-refractivity contribution >= 4 is 11.8 Å². The third-order valence-electron chi connectivity index (χ3n) is 6.14. The average Bonchev–Trinajstić information content (AvgIpc) is 3.24. The fraction of sp³-hybridized carbons (Fsp3) is 0.417. The molecule has 2 aromatic rings. The second-order valence-corrected chi connectivity index (χ2v) is 7.95. The van der Waals surface area contributed by atoms with Gasteiger partial charge in [-0.2, -0.15) is 0 Å². The Morgan fingerprint density at radius 3 is 2.38 bits per heavy atom. The molecule has 2 heterocycles. The van der Waals surface area contributed by atoms with Gasteiger partial charge in [-0.1, -0.05) is 36.4 Å². The molecule has 2 saturated heterocycles. The number of benzene rings is 2. The smallest absolute Gasteiger partial charge is 0.254 e. The Hall–Kier alpha value is -2.82. The van der Waals surface area contributed by atoms with Crippen LogP contribution in [-0.2, 0) is 4.79 Å². The molecule has 0 N–H and O–H groups in total. The Morgan fingerprint density at radius 2 is 1.66 bits per heavy atom. The Morgan fingerprint density at radius 1 is 0.897 bits per heavy atom. The van der Waals surface area contributed by atoms with Crippen LogP contribution in [0.1, 0.15) is 41.1 Å². The molecule has 0 bridgehead atoms. The minimum Gasteiger partial charge on any atom is -0.497 e. The molecular formula is C24H28N2O3. The molecule has 152 valence electrons. The molecule has 29 heavy (non-hydrogen) atoms. The Bertz CT molecular complexity index is 861. The molecule has 4 rings (SSSR count). The largest absolute Gasteiger partial charge is 0.497 e. The van der Waals surface area contributed by atoms with Crippen molar-refractivity contribution in [3.63, 3.8) is 0 Å². The normalized spacial score (nSPS) is 21.8. The molecule has 2 aromatic carbocycles. The summed E-state index contributed by atoms with van der Waals surface area (Å²) in [5, 5.41) is 0. The van der Waals surface area contributed by atoms with Crippen LogP contribution in [0.2, 0.25) is 0 Å². The van der Waals surface area contributed by atoms with Crippen LogP contribution in [0.3, 0.4) is 0 Å². The lowest BCUT2D eigenvalue weighted by Gasteiger charge is -2.30. The van der Waals surface area contributed by atoms with Gasteiger partial charge in [0.2, 0.25) is 5.91 Å². The van der Waals surface area contributed by atoms with Crippen LogP contribution >= 0.6 is 0 Å². The van der Waals surface area contributed by atoms with Crippen LogP contribution in [0.4, 0.5) is 0 Å². The molecule has 0 saturated carbocycles. The van der Waals surface area contributed by atoms with Crippen molar-refractivity contribution < 1.29 is 14.3 Å². The summed E-state index contributed by atoms with van der Waals surface area (Å²) in [5.74, 6) is 0.652. The average molecular weight is 392 g/mol. The molecule has 0 spiro atoms. The van der Waals surface area contributed by atoms with Crippen molar-refractivity contribution in [3.8, 4) is 5.75 Å².